The molecule has 4 rings (SSSR count). The number of rotatable bonds is 2. The molecule has 140 valence electrons. The van der Waals surface area contributed by atoms with E-state index in [4.69, 9.17) is 5.26 Å². The van der Waals surface area contributed by atoms with E-state index >= 15 is 0 Å². The highest BCUT2D eigenvalue weighted by molar-refractivity contribution is 5.55. The maximum absolute atomic E-state index is 12.2. The second-order valence-corrected chi connectivity index (χ2v) is 5.37. The lowest BCUT2D eigenvalue weighted by Gasteiger charge is -2.01. The second-order valence-electron chi connectivity index (χ2n) is 5.37. The quantitative estimate of drug-likeness (QED) is 0.547. The SMILES string of the molecule is FC(F)(F)c1cnc(-c2ccncc2)[nH]1.N#Cc1cnc(-c2ccncc2)[nH]1. The van der Waals surface area contributed by atoms with Crippen molar-refractivity contribution in [2.45, 2.75) is 6.18 Å². The zero-order chi connectivity index (χ0) is 20.0. The van der Waals surface area contributed by atoms with Gasteiger partial charge in [0, 0.05) is 35.9 Å². The Labute approximate surface area is 157 Å². The first-order valence-electron chi connectivity index (χ1n) is 7.85. The smallest absolute Gasteiger partial charge is 0.334 e. The fourth-order valence-electron chi connectivity index (χ4n) is 2.16. The third-order valence-corrected chi connectivity index (χ3v) is 3.49. The summed E-state index contributed by atoms with van der Waals surface area (Å²) >= 11 is 0. The van der Waals surface area contributed by atoms with E-state index in [1.54, 1.807) is 24.5 Å². The molecule has 0 unspecified atom stereocenters. The number of hydrogen-bond donors (Lipinski definition) is 2. The van der Waals surface area contributed by atoms with Gasteiger partial charge in [-0.15, -0.1) is 0 Å². The molecule has 4 aromatic heterocycles. The number of hydrogen-bond acceptors (Lipinski definition) is 5. The van der Waals surface area contributed by atoms with Gasteiger partial charge in [0.25, 0.3) is 0 Å². The van der Waals surface area contributed by atoms with E-state index < -0.39 is 11.9 Å². The first-order chi connectivity index (χ1) is 13.5. The van der Waals surface area contributed by atoms with E-state index in [9.17, 15) is 13.2 Å². The van der Waals surface area contributed by atoms with Gasteiger partial charge in [0.15, 0.2) is 0 Å². The second kappa shape index (κ2) is 8.13. The van der Waals surface area contributed by atoms with Crippen molar-refractivity contribution >= 4 is 0 Å². The molecule has 0 aliphatic carbocycles. The number of imidazole rings is 2. The number of aromatic amines is 2. The molecule has 0 saturated carbocycles. The highest BCUT2D eigenvalue weighted by Gasteiger charge is 2.33. The normalized spacial score (nSPS) is 10.6. The molecule has 0 saturated heterocycles. The van der Waals surface area contributed by atoms with Gasteiger partial charge in [-0.2, -0.15) is 18.4 Å². The van der Waals surface area contributed by atoms with Crippen LogP contribution in [0, 0.1) is 11.3 Å². The molecule has 0 spiro atoms. The molecule has 0 bridgehead atoms. The molecule has 0 aliphatic rings. The fraction of sp³-hybridized carbons (Fsp3) is 0.0556. The topological polar surface area (TPSA) is 107 Å². The van der Waals surface area contributed by atoms with Crippen LogP contribution in [0.5, 0.6) is 0 Å². The van der Waals surface area contributed by atoms with Crippen LogP contribution in [0.4, 0.5) is 13.2 Å². The van der Waals surface area contributed by atoms with Gasteiger partial charge in [0.05, 0.1) is 12.4 Å². The number of nitrogens with zero attached hydrogens (tertiary/aromatic N) is 5. The van der Waals surface area contributed by atoms with Gasteiger partial charge in [0.1, 0.15) is 29.1 Å². The van der Waals surface area contributed by atoms with Crippen LogP contribution in [0.25, 0.3) is 22.8 Å². The lowest BCUT2D eigenvalue weighted by Crippen LogP contribution is -2.04. The van der Waals surface area contributed by atoms with E-state index in [-0.39, 0.29) is 5.82 Å². The predicted molar refractivity (Wildman–Crippen MR) is 93.4 cm³/mol. The van der Waals surface area contributed by atoms with Gasteiger partial charge in [0.2, 0.25) is 0 Å². The molecule has 0 fully saturated rings. The lowest BCUT2D eigenvalue weighted by atomic mass is 10.2. The molecule has 10 heteroatoms. The molecule has 0 amide bonds. The van der Waals surface area contributed by atoms with Crippen molar-refractivity contribution in [3.63, 3.8) is 0 Å². The summed E-state index contributed by atoms with van der Waals surface area (Å²) in [6.45, 7) is 0. The Hall–Kier alpha value is -4.00. The maximum Gasteiger partial charge on any atom is 0.432 e. The Morgan fingerprint density at radius 2 is 1.29 bits per heavy atom. The zero-order valence-corrected chi connectivity index (χ0v) is 14.1. The van der Waals surface area contributed by atoms with Crippen LogP contribution in [0.15, 0.2) is 61.4 Å². The minimum Gasteiger partial charge on any atom is -0.334 e. The monoisotopic (exact) mass is 383 g/mol. The van der Waals surface area contributed by atoms with Crippen LogP contribution in [0.3, 0.4) is 0 Å². The minimum atomic E-state index is -4.39. The van der Waals surface area contributed by atoms with Crippen LogP contribution in [0.1, 0.15) is 11.4 Å². The van der Waals surface area contributed by atoms with Gasteiger partial charge in [-0.1, -0.05) is 0 Å². The van der Waals surface area contributed by atoms with E-state index in [0.29, 0.717) is 17.1 Å². The van der Waals surface area contributed by atoms with Gasteiger partial charge < -0.3 is 9.97 Å². The van der Waals surface area contributed by atoms with Crippen molar-refractivity contribution in [3.8, 4) is 28.8 Å². The summed E-state index contributed by atoms with van der Waals surface area (Å²) < 4.78 is 36.7. The van der Waals surface area contributed by atoms with Crippen molar-refractivity contribution < 1.29 is 13.2 Å². The Morgan fingerprint density at radius 1 is 0.786 bits per heavy atom. The van der Waals surface area contributed by atoms with E-state index in [1.807, 2.05) is 18.2 Å². The van der Waals surface area contributed by atoms with Crippen molar-refractivity contribution in [2.24, 2.45) is 0 Å². The Bertz CT molecular complexity index is 1060. The number of alkyl halides is 3. The maximum atomic E-state index is 12.2. The molecule has 0 radical (unpaired) electrons. The minimum absolute atomic E-state index is 0.185. The molecule has 0 aromatic carbocycles. The highest BCUT2D eigenvalue weighted by atomic mass is 19.4. The molecule has 28 heavy (non-hydrogen) atoms. The van der Waals surface area contributed by atoms with Gasteiger partial charge in [-0.05, 0) is 24.3 Å². The molecule has 0 atom stereocenters. The van der Waals surface area contributed by atoms with Crippen molar-refractivity contribution in [1.29, 1.82) is 5.26 Å². The molecular weight excluding hydrogens is 371 g/mol. The van der Waals surface area contributed by atoms with Crippen LogP contribution in [-0.4, -0.2) is 29.9 Å². The summed E-state index contributed by atoms with van der Waals surface area (Å²) in [7, 11) is 0. The van der Waals surface area contributed by atoms with Crippen LogP contribution in [-0.2, 0) is 6.18 Å². The summed E-state index contributed by atoms with van der Waals surface area (Å²) in [4.78, 5) is 20.4. The third kappa shape index (κ3) is 4.59. The molecule has 4 heterocycles. The zero-order valence-electron chi connectivity index (χ0n) is 14.1. The number of nitriles is 1. The number of halogens is 3. The van der Waals surface area contributed by atoms with Gasteiger partial charge >= 0.3 is 6.18 Å². The molecule has 4 aromatic rings. The predicted octanol–water partition coefficient (Wildman–Crippen LogP) is 3.83. The summed E-state index contributed by atoms with van der Waals surface area (Å²) in [5.41, 5.74) is 1.11. The Balaban J connectivity index is 0.000000162. The summed E-state index contributed by atoms with van der Waals surface area (Å²) in [5, 5.41) is 8.56. The lowest BCUT2D eigenvalue weighted by molar-refractivity contribution is -0.140. The summed E-state index contributed by atoms with van der Waals surface area (Å²) in [6.07, 6.45) is 4.24. The standard InChI is InChI=1S/C9H6F3N3.C9H6N4/c10-9(11,12)7-5-14-8(15-7)6-1-3-13-4-2-6;10-5-8-6-12-9(13-8)7-1-3-11-4-2-7/h1-5H,(H,14,15);1-4,6H,(H,12,13). The van der Waals surface area contributed by atoms with Crippen LogP contribution in [0.2, 0.25) is 0 Å². The Morgan fingerprint density at radius 3 is 1.71 bits per heavy atom. The molecule has 7 nitrogen and oxygen atoms in total. The molecule has 0 aliphatic heterocycles. The average Bonchev–Trinajstić information content (AvgIpc) is 3.39. The number of nitrogens with one attached hydrogen (secondary N) is 2. The van der Waals surface area contributed by atoms with Crippen molar-refractivity contribution in [3.05, 3.63) is 72.8 Å². The van der Waals surface area contributed by atoms with Crippen molar-refractivity contribution in [2.75, 3.05) is 0 Å². The number of aromatic nitrogens is 6. The van der Waals surface area contributed by atoms with Gasteiger partial charge in [-0.25, -0.2) is 9.97 Å². The van der Waals surface area contributed by atoms with Gasteiger partial charge in [-0.3, -0.25) is 9.97 Å². The first kappa shape index (κ1) is 18.8. The van der Waals surface area contributed by atoms with E-state index in [0.717, 1.165) is 11.8 Å². The highest BCUT2D eigenvalue weighted by Crippen LogP contribution is 2.29. The number of H-pyrrole nitrogens is 2. The Kier molecular flexibility index (Phi) is 5.45. The first-order valence-corrected chi connectivity index (χ1v) is 7.85. The van der Waals surface area contributed by atoms with E-state index in [1.165, 1.54) is 18.6 Å². The van der Waals surface area contributed by atoms with E-state index in [2.05, 4.69) is 29.9 Å². The number of pyridine rings is 2. The molecule has 2 N–H and O–H groups in total. The fourth-order valence-corrected chi connectivity index (χ4v) is 2.16. The van der Waals surface area contributed by atoms with Crippen LogP contribution >= 0.6 is 0 Å². The largest absolute Gasteiger partial charge is 0.432 e. The van der Waals surface area contributed by atoms with Crippen LogP contribution < -0.4 is 0 Å². The summed E-state index contributed by atoms with van der Waals surface area (Å²) in [6, 6.07) is 8.81. The molecular formula is C18H12F3N7. The van der Waals surface area contributed by atoms with Crippen molar-refractivity contribution in [1.82, 2.24) is 29.9 Å². The average molecular weight is 383 g/mol. The summed E-state index contributed by atoms with van der Waals surface area (Å²) in [5.74, 6) is 0.878. The third-order valence-electron chi connectivity index (χ3n) is 3.49.